The smallest absolute Gasteiger partial charge is 0.255 e. The van der Waals surface area contributed by atoms with Gasteiger partial charge in [-0.3, -0.25) is 9.52 Å². The minimum atomic E-state index is -3.60. The monoisotopic (exact) mass is 609 g/mol. The van der Waals surface area contributed by atoms with Crippen LogP contribution in [0.5, 0.6) is 17.4 Å². The van der Waals surface area contributed by atoms with Crippen LogP contribution in [-0.4, -0.2) is 62.7 Å². The van der Waals surface area contributed by atoms with E-state index in [0.29, 0.717) is 28.8 Å². The summed E-state index contributed by atoms with van der Waals surface area (Å²) in [4.78, 5) is 24.7. The zero-order valence-corrected chi connectivity index (χ0v) is 27.0. The maximum atomic E-state index is 13.5. The Kier molecular flexibility index (Phi) is 9.96. The van der Waals surface area contributed by atoms with Crippen LogP contribution in [-0.2, 0) is 21.9 Å². The molecule has 232 valence electrons. The van der Waals surface area contributed by atoms with E-state index < -0.39 is 15.9 Å². The third-order valence-corrected chi connectivity index (χ3v) is 8.23. The minimum absolute atomic E-state index is 0.212. The van der Waals surface area contributed by atoms with E-state index in [1.165, 1.54) is 26.3 Å². The Bertz CT molecular complexity index is 1570. The number of benzene rings is 2. The van der Waals surface area contributed by atoms with Crippen molar-refractivity contribution >= 4 is 27.3 Å². The van der Waals surface area contributed by atoms with E-state index in [-0.39, 0.29) is 16.9 Å². The van der Waals surface area contributed by atoms with Crippen LogP contribution in [0.2, 0.25) is 0 Å². The number of anilines is 2. The first-order valence-electron chi connectivity index (χ1n) is 14.5. The molecule has 10 nitrogen and oxygen atoms in total. The molecule has 3 aromatic rings. The second-order valence-corrected chi connectivity index (χ2v) is 14.2. The van der Waals surface area contributed by atoms with Gasteiger partial charge < -0.3 is 19.7 Å². The molecular weight excluding hydrogens is 566 g/mol. The van der Waals surface area contributed by atoms with Gasteiger partial charge in [-0.15, -0.1) is 0 Å². The van der Waals surface area contributed by atoms with Crippen LogP contribution in [0.4, 0.5) is 11.4 Å². The van der Waals surface area contributed by atoms with Gasteiger partial charge in [-0.2, -0.15) is 0 Å². The number of carbonyl (C=O) groups is 1. The third kappa shape index (κ3) is 8.90. The maximum Gasteiger partial charge on any atom is 0.255 e. The summed E-state index contributed by atoms with van der Waals surface area (Å²) < 4.78 is 38.4. The number of likely N-dealkylation sites (tertiary alicyclic amines) is 1. The molecule has 1 aliphatic heterocycles. The van der Waals surface area contributed by atoms with Crippen molar-refractivity contribution < 1.29 is 22.7 Å². The number of amides is 1. The molecule has 1 saturated heterocycles. The Morgan fingerprint density at radius 1 is 1.07 bits per heavy atom. The lowest BCUT2D eigenvalue weighted by Gasteiger charge is -2.24. The van der Waals surface area contributed by atoms with Crippen LogP contribution < -0.4 is 19.5 Å². The number of hydrogen-bond acceptors (Lipinski definition) is 8. The predicted octanol–water partition coefficient (Wildman–Crippen LogP) is 5.78. The molecule has 1 aromatic heterocycles. The normalized spacial score (nSPS) is 16.3. The van der Waals surface area contributed by atoms with Gasteiger partial charge in [0.15, 0.2) is 5.75 Å². The standard InChI is InChI=1S/C32H43N5O5S/c1-21-10-11-23(16-28(21)42-29-19-25(33-20-34-29)15-22-9-8-13-37(5)14-12-22)31(38)35-26-17-24(32(2,3)4)18-27(30(26)41-6)36-43(7,39)40/h10-11,16-20,22,36H,8-9,12-15H2,1-7H3,(H,35,38). The Hall–Kier alpha value is -3.70. The van der Waals surface area contributed by atoms with E-state index in [4.69, 9.17) is 9.47 Å². The molecule has 43 heavy (non-hydrogen) atoms. The molecule has 2 N–H and O–H groups in total. The summed E-state index contributed by atoms with van der Waals surface area (Å²) in [5.41, 5.74) is 3.23. The second kappa shape index (κ2) is 13.3. The van der Waals surface area contributed by atoms with Gasteiger partial charge >= 0.3 is 0 Å². The predicted molar refractivity (Wildman–Crippen MR) is 170 cm³/mol. The number of hydrogen-bond donors (Lipinski definition) is 2. The van der Waals surface area contributed by atoms with Gasteiger partial charge in [-0.05, 0) is 99.5 Å². The highest BCUT2D eigenvalue weighted by molar-refractivity contribution is 7.92. The third-order valence-electron chi connectivity index (χ3n) is 7.64. The molecule has 2 heterocycles. The zero-order chi connectivity index (χ0) is 31.4. The lowest BCUT2D eigenvalue weighted by molar-refractivity contribution is 0.102. The van der Waals surface area contributed by atoms with Crippen LogP contribution in [0, 0.1) is 12.8 Å². The van der Waals surface area contributed by atoms with Crippen molar-refractivity contribution in [2.75, 3.05) is 43.5 Å². The molecule has 1 atom stereocenters. The molecule has 0 saturated carbocycles. The number of carbonyl (C=O) groups excluding carboxylic acids is 1. The van der Waals surface area contributed by atoms with E-state index in [9.17, 15) is 13.2 Å². The summed E-state index contributed by atoms with van der Waals surface area (Å²) in [6.07, 6.45) is 6.97. The van der Waals surface area contributed by atoms with Gasteiger partial charge in [0, 0.05) is 17.3 Å². The van der Waals surface area contributed by atoms with Crippen LogP contribution >= 0.6 is 0 Å². The average molecular weight is 610 g/mol. The number of aromatic nitrogens is 2. The SMILES string of the molecule is COc1c(NC(=O)c2ccc(C)c(Oc3cc(CC4CCCN(C)CC4)ncn3)c2)cc(C(C)(C)C)cc1NS(C)(=O)=O. The molecule has 1 aliphatic rings. The molecule has 1 fully saturated rings. The molecule has 0 bridgehead atoms. The van der Waals surface area contributed by atoms with Gasteiger partial charge in [0.05, 0.1) is 24.7 Å². The summed E-state index contributed by atoms with van der Waals surface area (Å²) in [6.45, 7) is 10.1. The highest BCUT2D eigenvalue weighted by Crippen LogP contribution is 2.39. The number of aryl methyl sites for hydroxylation is 1. The summed E-state index contributed by atoms with van der Waals surface area (Å²) in [7, 11) is 0.000579. The van der Waals surface area contributed by atoms with E-state index in [2.05, 4.69) is 32.0 Å². The largest absolute Gasteiger partial charge is 0.492 e. The van der Waals surface area contributed by atoms with Crippen molar-refractivity contribution in [3.63, 3.8) is 0 Å². The van der Waals surface area contributed by atoms with Crippen LogP contribution in [0.15, 0.2) is 42.7 Å². The van der Waals surface area contributed by atoms with Crippen molar-refractivity contribution in [3.05, 3.63) is 65.1 Å². The van der Waals surface area contributed by atoms with Crippen LogP contribution in [0.1, 0.15) is 67.2 Å². The van der Waals surface area contributed by atoms with Gasteiger partial charge in [0.25, 0.3) is 5.91 Å². The zero-order valence-electron chi connectivity index (χ0n) is 26.2. The number of rotatable bonds is 9. The lowest BCUT2D eigenvalue weighted by atomic mass is 9.86. The number of methoxy groups -OCH3 is 1. The Balaban J connectivity index is 1.56. The quantitative estimate of drug-likeness (QED) is 0.313. The summed E-state index contributed by atoms with van der Waals surface area (Å²) >= 11 is 0. The molecular formula is C32H43N5O5S. The minimum Gasteiger partial charge on any atom is -0.492 e. The highest BCUT2D eigenvalue weighted by Gasteiger charge is 2.23. The van der Waals surface area contributed by atoms with Crippen molar-refractivity contribution in [1.82, 2.24) is 14.9 Å². The lowest BCUT2D eigenvalue weighted by Crippen LogP contribution is -2.19. The highest BCUT2D eigenvalue weighted by atomic mass is 32.2. The molecule has 2 aromatic carbocycles. The average Bonchev–Trinajstić information content (AvgIpc) is 3.12. The first-order chi connectivity index (χ1) is 20.2. The Morgan fingerprint density at radius 2 is 1.81 bits per heavy atom. The molecule has 1 amide bonds. The Labute approximate surface area is 255 Å². The molecule has 0 spiro atoms. The summed E-state index contributed by atoms with van der Waals surface area (Å²) in [6, 6.07) is 10.6. The van der Waals surface area contributed by atoms with Crippen LogP contribution in [0.3, 0.4) is 0 Å². The molecule has 1 unspecified atom stereocenters. The second-order valence-electron chi connectivity index (χ2n) is 12.4. The fraction of sp³-hybridized carbons (Fsp3) is 0.469. The number of nitrogens with one attached hydrogen (secondary N) is 2. The van der Waals surface area contributed by atoms with Gasteiger partial charge in [0.2, 0.25) is 15.9 Å². The van der Waals surface area contributed by atoms with Crippen LogP contribution in [0.25, 0.3) is 0 Å². The first-order valence-corrected chi connectivity index (χ1v) is 16.4. The fourth-order valence-electron chi connectivity index (χ4n) is 5.16. The number of ether oxygens (including phenoxy) is 2. The summed E-state index contributed by atoms with van der Waals surface area (Å²) in [5.74, 6) is 1.31. The van der Waals surface area contributed by atoms with Gasteiger partial charge in [-0.25, -0.2) is 18.4 Å². The van der Waals surface area contributed by atoms with E-state index in [1.54, 1.807) is 24.3 Å². The number of nitrogens with zero attached hydrogens (tertiary/aromatic N) is 3. The van der Waals surface area contributed by atoms with Crippen molar-refractivity contribution in [2.45, 2.75) is 58.8 Å². The number of sulfonamides is 1. The van der Waals surface area contributed by atoms with E-state index in [1.807, 2.05) is 39.8 Å². The van der Waals surface area contributed by atoms with Gasteiger partial charge in [-0.1, -0.05) is 26.8 Å². The molecule has 4 rings (SSSR count). The molecule has 0 aliphatic carbocycles. The Morgan fingerprint density at radius 3 is 2.51 bits per heavy atom. The van der Waals surface area contributed by atoms with E-state index in [0.717, 1.165) is 49.0 Å². The topological polar surface area (TPSA) is 123 Å². The first kappa shape index (κ1) is 32.2. The summed E-state index contributed by atoms with van der Waals surface area (Å²) in [5, 5.41) is 2.91. The van der Waals surface area contributed by atoms with Gasteiger partial charge in [0.1, 0.15) is 12.1 Å². The maximum absolute atomic E-state index is 13.5. The molecule has 0 radical (unpaired) electrons. The van der Waals surface area contributed by atoms with E-state index >= 15 is 0 Å². The van der Waals surface area contributed by atoms with Crippen molar-refractivity contribution in [2.24, 2.45) is 5.92 Å². The van der Waals surface area contributed by atoms with Crippen molar-refractivity contribution in [3.8, 4) is 17.4 Å². The fourth-order valence-corrected chi connectivity index (χ4v) is 5.71. The molecule has 11 heteroatoms. The van der Waals surface area contributed by atoms with Crippen molar-refractivity contribution in [1.29, 1.82) is 0 Å².